The lowest BCUT2D eigenvalue weighted by Gasteiger charge is -1.99. The number of nitrogens with zero attached hydrogens (tertiary/aromatic N) is 2. The van der Waals surface area contributed by atoms with Gasteiger partial charge in [-0.05, 0) is 12.1 Å². The normalized spacial score (nSPS) is 10.4. The van der Waals surface area contributed by atoms with Gasteiger partial charge in [-0.3, -0.25) is 4.79 Å². The number of benzene rings is 1. The molecule has 0 saturated heterocycles. The number of carbonyl (C=O) groups excluding carboxylic acids is 1. The van der Waals surface area contributed by atoms with E-state index in [1.165, 1.54) is 13.0 Å². The van der Waals surface area contributed by atoms with Crippen molar-refractivity contribution >= 4 is 17.5 Å². The van der Waals surface area contributed by atoms with Crippen LogP contribution in [0.5, 0.6) is 0 Å². The van der Waals surface area contributed by atoms with Crippen molar-refractivity contribution in [1.29, 1.82) is 0 Å². The van der Waals surface area contributed by atoms with Crippen LogP contribution < -0.4 is 0 Å². The molecule has 0 bridgehead atoms. The summed E-state index contributed by atoms with van der Waals surface area (Å²) in [5.74, 6) is -0.544. The van der Waals surface area contributed by atoms with E-state index in [-0.39, 0.29) is 17.3 Å². The Morgan fingerprint density at radius 1 is 1.38 bits per heavy atom. The Hall–Kier alpha value is -1.69. The van der Waals surface area contributed by atoms with Crippen LogP contribution in [-0.4, -0.2) is 21.2 Å². The second-order valence-corrected chi connectivity index (χ2v) is 4.10. The summed E-state index contributed by atoms with van der Waals surface area (Å²) in [6, 6.07) is 6.31. The zero-order chi connectivity index (χ0) is 11.5. The van der Waals surface area contributed by atoms with E-state index in [0.717, 1.165) is 11.8 Å². The summed E-state index contributed by atoms with van der Waals surface area (Å²) in [5, 5.41) is 10.3. The molecule has 0 unspecified atom stereocenters. The van der Waals surface area contributed by atoms with Crippen LogP contribution in [0.4, 0.5) is 4.39 Å². The van der Waals surface area contributed by atoms with Gasteiger partial charge in [0.2, 0.25) is 0 Å². The van der Waals surface area contributed by atoms with Gasteiger partial charge in [0.15, 0.2) is 16.5 Å². The fraction of sp³-hybridized carbons (Fsp3) is 0.100. The molecule has 1 aromatic heterocycles. The molecule has 0 aliphatic heterocycles. The van der Waals surface area contributed by atoms with Gasteiger partial charge in [-0.25, -0.2) is 4.39 Å². The van der Waals surface area contributed by atoms with E-state index < -0.39 is 0 Å². The number of aromatic amines is 1. The minimum absolute atomic E-state index is 0.201. The van der Waals surface area contributed by atoms with E-state index in [4.69, 9.17) is 0 Å². The predicted octanol–water partition coefficient (Wildman–Crippen LogP) is 2.30. The third-order valence-corrected chi connectivity index (χ3v) is 2.92. The summed E-state index contributed by atoms with van der Waals surface area (Å²) in [5.41, 5.74) is 0.230. The van der Waals surface area contributed by atoms with Gasteiger partial charge in [-0.1, -0.05) is 23.9 Å². The van der Waals surface area contributed by atoms with Gasteiger partial charge >= 0.3 is 0 Å². The fourth-order valence-corrected chi connectivity index (χ4v) is 2.05. The van der Waals surface area contributed by atoms with Gasteiger partial charge in [0, 0.05) is 11.8 Å². The third-order valence-electron chi connectivity index (χ3n) is 1.89. The first-order chi connectivity index (χ1) is 7.68. The minimum Gasteiger partial charge on any atom is -0.293 e. The monoisotopic (exact) mass is 237 g/mol. The van der Waals surface area contributed by atoms with Crippen molar-refractivity contribution in [2.75, 3.05) is 0 Å². The molecule has 0 fully saturated rings. The summed E-state index contributed by atoms with van der Waals surface area (Å²) in [6.07, 6.45) is 0. The Labute approximate surface area is 95.3 Å². The Bertz CT molecular complexity index is 526. The van der Waals surface area contributed by atoms with Gasteiger partial charge in [0.05, 0.1) is 0 Å². The number of carbonyl (C=O) groups is 1. The number of ketones is 1. The molecule has 0 aliphatic rings. The number of aromatic nitrogens is 3. The standard InChI is InChI=1S/C10H8FN3OS/c1-6(15)9-10(13-14-12-9)16-8-5-3-2-4-7(8)11/h2-5H,1H3,(H,12,13,14). The lowest BCUT2D eigenvalue weighted by molar-refractivity contribution is 0.101. The zero-order valence-corrected chi connectivity index (χ0v) is 9.21. The largest absolute Gasteiger partial charge is 0.293 e. The molecule has 2 aromatic rings. The van der Waals surface area contributed by atoms with E-state index in [1.54, 1.807) is 18.2 Å². The summed E-state index contributed by atoms with van der Waals surface area (Å²) in [4.78, 5) is 11.6. The maximum Gasteiger partial charge on any atom is 0.182 e. The summed E-state index contributed by atoms with van der Waals surface area (Å²) in [6.45, 7) is 1.39. The highest BCUT2D eigenvalue weighted by atomic mass is 32.2. The molecular formula is C10H8FN3OS. The molecule has 16 heavy (non-hydrogen) atoms. The molecule has 0 spiro atoms. The van der Waals surface area contributed by atoms with Crippen LogP contribution in [-0.2, 0) is 0 Å². The summed E-state index contributed by atoms with van der Waals surface area (Å²) in [7, 11) is 0. The van der Waals surface area contributed by atoms with Crippen molar-refractivity contribution in [3.05, 3.63) is 35.8 Å². The van der Waals surface area contributed by atoms with Crippen LogP contribution in [0.3, 0.4) is 0 Å². The maximum absolute atomic E-state index is 13.4. The van der Waals surface area contributed by atoms with Gasteiger partial charge in [-0.2, -0.15) is 10.3 Å². The topological polar surface area (TPSA) is 58.6 Å². The maximum atomic E-state index is 13.4. The number of H-pyrrole nitrogens is 1. The SMILES string of the molecule is CC(=O)c1n[nH]nc1Sc1ccccc1F. The highest BCUT2D eigenvalue weighted by molar-refractivity contribution is 7.99. The molecule has 1 aromatic carbocycles. The number of hydrogen-bond acceptors (Lipinski definition) is 4. The van der Waals surface area contributed by atoms with Gasteiger partial charge in [-0.15, -0.1) is 5.10 Å². The first-order valence-corrected chi connectivity index (χ1v) is 5.34. The molecule has 4 nitrogen and oxygen atoms in total. The Kier molecular flexibility index (Phi) is 3.00. The number of hydrogen-bond donors (Lipinski definition) is 1. The highest BCUT2D eigenvalue weighted by Crippen LogP contribution is 2.29. The highest BCUT2D eigenvalue weighted by Gasteiger charge is 2.14. The molecule has 2 rings (SSSR count). The van der Waals surface area contributed by atoms with Crippen molar-refractivity contribution in [2.45, 2.75) is 16.8 Å². The number of nitrogens with one attached hydrogen (secondary N) is 1. The van der Waals surface area contributed by atoms with E-state index in [2.05, 4.69) is 15.4 Å². The molecule has 0 saturated carbocycles. The first kappa shape index (κ1) is 10.8. The molecular weight excluding hydrogens is 229 g/mol. The lowest BCUT2D eigenvalue weighted by Crippen LogP contribution is -1.94. The van der Waals surface area contributed by atoms with Gasteiger partial charge in [0.25, 0.3) is 0 Å². The van der Waals surface area contributed by atoms with Crippen LogP contribution in [0.25, 0.3) is 0 Å². The summed E-state index contributed by atoms with van der Waals surface area (Å²) >= 11 is 1.08. The average molecular weight is 237 g/mol. The van der Waals surface area contributed by atoms with Gasteiger partial charge < -0.3 is 0 Å². The van der Waals surface area contributed by atoms with E-state index in [1.807, 2.05) is 0 Å². The molecule has 6 heteroatoms. The fourth-order valence-electron chi connectivity index (χ4n) is 1.15. The molecule has 82 valence electrons. The molecule has 1 N–H and O–H groups in total. The smallest absolute Gasteiger partial charge is 0.182 e. The van der Waals surface area contributed by atoms with E-state index >= 15 is 0 Å². The van der Waals surface area contributed by atoms with Crippen molar-refractivity contribution in [2.24, 2.45) is 0 Å². The van der Waals surface area contributed by atoms with Crippen molar-refractivity contribution < 1.29 is 9.18 Å². The number of rotatable bonds is 3. The van der Waals surface area contributed by atoms with Crippen molar-refractivity contribution in [3.63, 3.8) is 0 Å². The molecule has 0 radical (unpaired) electrons. The third kappa shape index (κ3) is 2.11. The van der Waals surface area contributed by atoms with Crippen LogP contribution in [0, 0.1) is 5.82 Å². The average Bonchev–Trinajstić information content (AvgIpc) is 2.69. The van der Waals surface area contributed by atoms with Crippen LogP contribution in [0.2, 0.25) is 0 Å². The first-order valence-electron chi connectivity index (χ1n) is 4.52. The van der Waals surface area contributed by atoms with E-state index in [9.17, 15) is 9.18 Å². The minimum atomic E-state index is -0.343. The second-order valence-electron chi connectivity index (χ2n) is 3.07. The zero-order valence-electron chi connectivity index (χ0n) is 8.40. The van der Waals surface area contributed by atoms with Crippen LogP contribution in [0.1, 0.15) is 17.4 Å². The Morgan fingerprint density at radius 3 is 2.81 bits per heavy atom. The van der Waals surface area contributed by atoms with E-state index in [0.29, 0.717) is 9.92 Å². The van der Waals surface area contributed by atoms with Crippen molar-refractivity contribution in [3.8, 4) is 0 Å². The molecule has 0 amide bonds. The van der Waals surface area contributed by atoms with Crippen LogP contribution in [0.15, 0.2) is 34.2 Å². The predicted molar refractivity (Wildman–Crippen MR) is 56.9 cm³/mol. The lowest BCUT2D eigenvalue weighted by atomic mass is 10.3. The Balaban J connectivity index is 2.31. The second kappa shape index (κ2) is 4.44. The van der Waals surface area contributed by atoms with Gasteiger partial charge in [0.1, 0.15) is 5.82 Å². The molecule has 1 heterocycles. The summed E-state index contributed by atoms with van der Waals surface area (Å²) < 4.78 is 13.4. The molecule has 0 atom stereocenters. The van der Waals surface area contributed by atoms with Crippen molar-refractivity contribution in [1.82, 2.24) is 15.4 Å². The number of Topliss-reactive ketones (excluding diaryl/α,β-unsaturated/α-hetero) is 1. The Morgan fingerprint density at radius 2 is 2.12 bits per heavy atom. The number of halogens is 1. The van der Waals surface area contributed by atoms with Crippen LogP contribution >= 0.6 is 11.8 Å². The quantitative estimate of drug-likeness (QED) is 0.832. The molecule has 0 aliphatic carbocycles.